The maximum atomic E-state index is 11.2. The van der Waals surface area contributed by atoms with Gasteiger partial charge in [-0.15, -0.1) is 0 Å². The lowest BCUT2D eigenvalue weighted by Gasteiger charge is -2.27. The Bertz CT molecular complexity index is 652. The lowest BCUT2D eigenvalue weighted by molar-refractivity contribution is 0.143. The average Bonchev–Trinajstić information content (AvgIpc) is 2.42. The van der Waals surface area contributed by atoms with Gasteiger partial charge in [-0.2, -0.15) is 8.42 Å². The van der Waals surface area contributed by atoms with Crippen molar-refractivity contribution >= 4 is 24.3 Å². The second-order valence-electron chi connectivity index (χ2n) is 7.23. The molecule has 0 bridgehead atoms. The molecule has 1 aliphatic rings. The van der Waals surface area contributed by atoms with Crippen molar-refractivity contribution in [2.24, 2.45) is 0 Å². The minimum absolute atomic E-state index is 0.0666. The van der Waals surface area contributed by atoms with Gasteiger partial charge < -0.3 is 15.4 Å². The molecule has 1 aromatic rings. The van der Waals surface area contributed by atoms with Gasteiger partial charge in [-0.25, -0.2) is 4.79 Å². The predicted octanol–water partition coefficient (Wildman–Crippen LogP) is 2.26. The number of carbonyl (C=O) groups is 1. The summed E-state index contributed by atoms with van der Waals surface area (Å²) in [5.74, 6) is 0. The van der Waals surface area contributed by atoms with Crippen LogP contribution in [-0.2, 0) is 14.9 Å². The van der Waals surface area contributed by atoms with Crippen LogP contribution in [0.25, 0.3) is 0 Å². The molecular formula is C16H28N2O5SSi. The topological polar surface area (TPSA) is 105 Å². The third-order valence-corrected chi connectivity index (χ3v) is 6.08. The number of benzene rings is 1. The molecule has 1 fully saturated rings. The van der Waals surface area contributed by atoms with E-state index in [2.05, 4.69) is 30.3 Å². The quantitative estimate of drug-likeness (QED) is 0.528. The van der Waals surface area contributed by atoms with Crippen LogP contribution in [0.1, 0.15) is 5.56 Å². The van der Waals surface area contributed by atoms with E-state index in [1.807, 2.05) is 6.92 Å². The minimum atomic E-state index is -4.02. The molecule has 0 unspecified atom stereocenters. The highest BCUT2D eigenvalue weighted by atomic mass is 32.2. The second kappa shape index (κ2) is 9.32. The fourth-order valence-electron chi connectivity index (χ4n) is 1.76. The number of amides is 1. The molecule has 0 saturated carbocycles. The van der Waals surface area contributed by atoms with Gasteiger partial charge in [-0.05, 0) is 25.1 Å². The Balaban J connectivity index is 0.000000257. The minimum Gasteiger partial charge on any atom is -0.450 e. The summed E-state index contributed by atoms with van der Waals surface area (Å²) in [6, 6.07) is 7.29. The molecule has 0 aliphatic carbocycles. The van der Waals surface area contributed by atoms with Crippen LogP contribution < -0.4 is 10.6 Å². The fourth-order valence-corrected chi connectivity index (χ4v) is 2.95. The van der Waals surface area contributed by atoms with Crippen LogP contribution in [0.15, 0.2) is 29.2 Å². The molecule has 0 spiro atoms. The number of hydrogen-bond donors (Lipinski definition) is 3. The SMILES string of the molecule is C[Si](C)(C)CCOC(=O)NC1CNC1.Cc1ccc(S(=O)(=O)O)cc1. The maximum absolute atomic E-state index is 11.2. The Labute approximate surface area is 150 Å². The highest BCUT2D eigenvalue weighted by Crippen LogP contribution is 2.09. The van der Waals surface area contributed by atoms with E-state index in [0.29, 0.717) is 6.61 Å². The summed E-state index contributed by atoms with van der Waals surface area (Å²) >= 11 is 0. The molecule has 7 nitrogen and oxygen atoms in total. The molecule has 3 N–H and O–H groups in total. The molecule has 25 heavy (non-hydrogen) atoms. The van der Waals surface area contributed by atoms with E-state index in [-0.39, 0.29) is 17.0 Å². The predicted molar refractivity (Wildman–Crippen MR) is 100 cm³/mol. The van der Waals surface area contributed by atoms with Crippen LogP contribution in [0.5, 0.6) is 0 Å². The summed E-state index contributed by atoms with van der Waals surface area (Å²) in [6.45, 7) is 10.9. The molecule has 9 heteroatoms. The van der Waals surface area contributed by atoms with Crippen molar-refractivity contribution in [3.63, 3.8) is 0 Å². The maximum Gasteiger partial charge on any atom is 0.407 e. The molecule has 1 saturated heterocycles. The van der Waals surface area contributed by atoms with Gasteiger partial charge in [-0.1, -0.05) is 37.3 Å². The molecule has 0 radical (unpaired) electrons. The van der Waals surface area contributed by atoms with E-state index >= 15 is 0 Å². The first-order valence-electron chi connectivity index (χ1n) is 8.15. The normalized spacial score (nSPS) is 14.8. The van der Waals surface area contributed by atoms with Gasteiger partial charge in [0.2, 0.25) is 0 Å². The molecule has 1 aliphatic heterocycles. The fraction of sp³-hybridized carbons (Fsp3) is 0.562. The van der Waals surface area contributed by atoms with Gasteiger partial charge in [0, 0.05) is 21.2 Å². The first-order chi connectivity index (χ1) is 11.5. The summed E-state index contributed by atoms with van der Waals surface area (Å²) in [7, 11) is -5.10. The Hall–Kier alpha value is -1.42. The Morgan fingerprint density at radius 3 is 2.24 bits per heavy atom. The third-order valence-electron chi connectivity index (χ3n) is 3.51. The van der Waals surface area contributed by atoms with Crippen LogP contribution in [0.2, 0.25) is 25.7 Å². The monoisotopic (exact) mass is 388 g/mol. The largest absolute Gasteiger partial charge is 0.450 e. The summed E-state index contributed by atoms with van der Waals surface area (Å²) in [5.41, 5.74) is 0.956. The van der Waals surface area contributed by atoms with Crippen LogP contribution >= 0.6 is 0 Å². The lowest BCUT2D eigenvalue weighted by atomic mass is 10.2. The van der Waals surface area contributed by atoms with Crippen LogP contribution in [0.3, 0.4) is 0 Å². The Morgan fingerprint density at radius 2 is 1.84 bits per heavy atom. The molecule has 0 aromatic heterocycles. The molecule has 1 aromatic carbocycles. The first kappa shape index (κ1) is 21.6. The zero-order valence-electron chi connectivity index (χ0n) is 15.2. The molecule has 0 atom stereocenters. The molecule has 142 valence electrons. The van der Waals surface area contributed by atoms with Crippen molar-refractivity contribution in [1.29, 1.82) is 0 Å². The van der Waals surface area contributed by atoms with Gasteiger partial charge in [0.15, 0.2) is 0 Å². The number of carbonyl (C=O) groups excluding carboxylic acids is 1. The van der Waals surface area contributed by atoms with Crippen molar-refractivity contribution in [3.8, 4) is 0 Å². The highest BCUT2D eigenvalue weighted by Gasteiger charge is 2.20. The van der Waals surface area contributed by atoms with Crippen LogP contribution in [0, 0.1) is 6.92 Å². The second-order valence-corrected chi connectivity index (χ2v) is 14.3. The third kappa shape index (κ3) is 9.59. The summed E-state index contributed by atoms with van der Waals surface area (Å²) in [4.78, 5) is 11.1. The molecular weight excluding hydrogens is 360 g/mol. The van der Waals surface area contributed by atoms with E-state index < -0.39 is 18.2 Å². The number of ether oxygens (including phenoxy) is 1. The zero-order chi connectivity index (χ0) is 19.1. The van der Waals surface area contributed by atoms with Crippen molar-refractivity contribution in [2.75, 3.05) is 19.7 Å². The summed E-state index contributed by atoms with van der Waals surface area (Å²) in [5, 5.41) is 5.88. The van der Waals surface area contributed by atoms with Crippen molar-refractivity contribution in [3.05, 3.63) is 29.8 Å². The van der Waals surface area contributed by atoms with E-state index in [0.717, 1.165) is 24.7 Å². The number of alkyl carbamates (subject to hydrolysis) is 1. The van der Waals surface area contributed by atoms with E-state index in [4.69, 9.17) is 9.29 Å². The summed E-state index contributed by atoms with van der Waals surface area (Å²) < 4.78 is 34.6. The standard InChI is InChI=1S/C9H20N2O2Si.C7H8O3S/c1-14(2,3)5-4-13-9(12)11-8-6-10-7-8;1-6-2-4-7(5-3-6)11(8,9)10/h8,10H,4-7H2,1-3H3,(H,11,12);2-5H,1H3,(H,8,9,10). The van der Waals surface area contributed by atoms with Crippen molar-refractivity contribution in [2.45, 2.75) is 43.5 Å². The van der Waals surface area contributed by atoms with E-state index in [9.17, 15) is 13.2 Å². The van der Waals surface area contributed by atoms with Crippen molar-refractivity contribution < 1.29 is 22.5 Å². The van der Waals surface area contributed by atoms with Gasteiger partial charge in [0.1, 0.15) is 0 Å². The van der Waals surface area contributed by atoms with Crippen molar-refractivity contribution in [1.82, 2.24) is 10.6 Å². The van der Waals surface area contributed by atoms with Gasteiger partial charge in [0.25, 0.3) is 10.1 Å². The Kier molecular flexibility index (Phi) is 8.06. The van der Waals surface area contributed by atoms with E-state index in [1.165, 1.54) is 12.1 Å². The number of hydrogen-bond acceptors (Lipinski definition) is 5. The average molecular weight is 389 g/mol. The molecule has 1 heterocycles. The van der Waals surface area contributed by atoms with Gasteiger partial charge >= 0.3 is 6.09 Å². The van der Waals surface area contributed by atoms with Gasteiger partial charge in [0.05, 0.1) is 17.5 Å². The van der Waals surface area contributed by atoms with Gasteiger partial charge in [-0.3, -0.25) is 4.55 Å². The van der Waals surface area contributed by atoms with E-state index in [1.54, 1.807) is 12.1 Å². The number of aryl methyl sites for hydroxylation is 1. The number of nitrogens with one attached hydrogen (secondary N) is 2. The zero-order valence-corrected chi connectivity index (χ0v) is 17.0. The van der Waals surface area contributed by atoms with Crippen LogP contribution in [-0.4, -0.2) is 52.9 Å². The smallest absolute Gasteiger partial charge is 0.407 e. The molecule has 2 rings (SSSR count). The lowest BCUT2D eigenvalue weighted by Crippen LogP contribution is -2.57. The Morgan fingerprint density at radius 1 is 1.28 bits per heavy atom. The summed E-state index contributed by atoms with van der Waals surface area (Å²) in [6.07, 6.45) is -0.269. The molecule has 1 amide bonds. The highest BCUT2D eigenvalue weighted by molar-refractivity contribution is 7.85. The first-order valence-corrected chi connectivity index (χ1v) is 13.3. The number of rotatable bonds is 5. The van der Waals surface area contributed by atoms with Crippen LogP contribution in [0.4, 0.5) is 4.79 Å².